The Morgan fingerprint density at radius 3 is 2.37 bits per heavy atom. The zero-order valence-corrected chi connectivity index (χ0v) is 11.3. The highest BCUT2D eigenvalue weighted by Crippen LogP contribution is 2.35. The summed E-state index contributed by atoms with van der Waals surface area (Å²) in [6, 6.07) is 3.03. The van der Waals surface area contributed by atoms with Crippen LogP contribution in [0.25, 0.3) is 0 Å². The maximum absolute atomic E-state index is 14.0. The molecule has 0 amide bonds. The monoisotopic (exact) mass is 277 g/mol. The van der Waals surface area contributed by atoms with Gasteiger partial charge in [-0.25, -0.2) is 4.39 Å². The Hall–Kier alpha value is -1.10. The lowest BCUT2D eigenvalue weighted by Gasteiger charge is -2.22. The van der Waals surface area contributed by atoms with Crippen molar-refractivity contribution in [3.05, 3.63) is 35.1 Å². The first kappa shape index (κ1) is 16.0. The van der Waals surface area contributed by atoms with Gasteiger partial charge in [0.2, 0.25) is 0 Å². The minimum atomic E-state index is -4.66. The molecule has 1 N–H and O–H groups in total. The van der Waals surface area contributed by atoms with E-state index in [4.69, 9.17) is 0 Å². The van der Waals surface area contributed by atoms with Crippen LogP contribution in [0.3, 0.4) is 0 Å². The number of benzene rings is 1. The van der Waals surface area contributed by atoms with Gasteiger partial charge in [-0.2, -0.15) is 13.2 Å². The van der Waals surface area contributed by atoms with Gasteiger partial charge in [0.1, 0.15) is 5.82 Å². The Labute approximate surface area is 111 Å². The van der Waals surface area contributed by atoms with Crippen LogP contribution in [0.15, 0.2) is 18.2 Å². The number of hydrogen-bond donors (Lipinski definition) is 1. The van der Waals surface area contributed by atoms with E-state index in [0.717, 1.165) is 12.5 Å². The highest BCUT2D eigenvalue weighted by Gasteiger charge is 2.35. The average molecular weight is 277 g/mol. The van der Waals surface area contributed by atoms with Crippen LogP contribution in [0.5, 0.6) is 0 Å². The van der Waals surface area contributed by atoms with E-state index >= 15 is 0 Å². The van der Waals surface area contributed by atoms with Crippen molar-refractivity contribution in [2.45, 2.75) is 38.9 Å². The van der Waals surface area contributed by atoms with Gasteiger partial charge in [-0.15, -0.1) is 0 Å². The van der Waals surface area contributed by atoms with E-state index in [1.807, 2.05) is 13.8 Å². The lowest BCUT2D eigenvalue weighted by Crippen LogP contribution is -2.21. The highest BCUT2D eigenvalue weighted by molar-refractivity contribution is 5.30. The molecule has 108 valence electrons. The number of nitrogens with one attached hydrogen (secondary N) is 1. The molecule has 0 spiro atoms. The van der Waals surface area contributed by atoms with E-state index in [1.54, 1.807) is 7.05 Å². The maximum Gasteiger partial charge on any atom is 0.419 e. The van der Waals surface area contributed by atoms with Crippen LogP contribution < -0.4 is 5.32 Å². The van der Waals surface area contributed by atoms with E-state index in [0.29, 0.717) is 12.3 Å². The fourth-order valence-electron chi connectivity index (χ4n) is 2.01. The zero-order valence-electron chi connectivity index (χ0n) is 11.3. The second-order valence-electron chi connectivity index (χ2n) is 4.80. The van der Waals surface area contributed by atoms with E-state index < -0.39 is 23.6 Å². The molecule has 0 saturated heterocycles. The average Bonchev–Trinajstić information content (AvgIpc) is 2.34. The van der Waals surface area contributed by atoms with E-state index in [2.05, 4.69) is 5.32 Å². The van der Waals surface area contributed by atoms with Gasteiger partial charge in [0.25, 0.3) is 0 Å². The largest absolute Gasteiger partial charge is 0.419 e. The Morgan fingerprint density at radius 1 is 1.26 bits per heavy atom. The van der Waals surface area contributed by atoms with Gasteiger partial charge in [-0.3, -0.25) is 0 Å². The predicted octanol–water partition coefficient (Wildman–Crippen LogP) is 4.54. The molecule has 0 fully saturated rings. The molecule has 5 heteroatoms. The summed E-state index contributed by atoms with van der Waals surface area (Å²) in [6.45, 7) is 4.00. The molecule has 0 aliphatic heterocycles. The van der Waals surface area contributed by atoms with Crippen LogP contribution in [0.2, 0.25) is 0 Å². The van der Waals surface area contributed by atoms with Gasteiger partial charge < -0.3 is 5.32 Å². The third-order valence-corrected chi connectivity index (χ3v) is 3.39. The first-order chi connectivity index (χ1) is 8.81. The molecule has 2 atom stereocenters. The zero-order chi connectivity index (χ0) is 14.6. The maximum atomic E-state index is 14.0. The summed E-state index contributed by atoms with van der Waals surface area (Å²) in [6.07, 6.45) is -3.15. The van der Waals surface area contributed by atoms with Crippen molar-refractivity contribution in [3.63, 3.8) is 0 Å². The van der Waals surface area contributed by atoms with Crippen LogP contribution >= 0.6 is 0 Å². The van der Waals surface area contributed by atoms with Crippen LogP contribution in [0.1, 0.15) is 43.9 Å². The van der Waals surface area contributed by atoms with Gasteiger partial charge >= 0.3 is 6.18 Å². The molecule has 19 heavy (non-hydrogen) atoms. The molecule has 0 aliphatic rings. The molecular formula is C14H19F4N. The van der Waals surface area contributed by atoms with E-state index in [9.17, 15) is 17.6 Å². The van der Waals surface area contributed by atoms with Crippen molar-refractivity contribution in [3.8, 4) is 0 Å². The summed E-state index contributed by atoms with van der Waals surface area (Å²) in [4.78, 5) is 0. The lowest BCUT2D eigenvalue weighted by molar-refractivity contribution is -0.140. The Morgan fingerprint density at radius 2 is 1.89 bits per heavy atom. The van der Waals surface area contributed by atoms with Crippen molar-refractivity contribution in [2.75, 3.05) is 7.05 Å². The van der Waals surface area contributed by atoms with Crippen molar-refractivity contribution in [2.24, 2.45) is 5.92 Å². The van der Waals surface area contributed by atoms with Gasteiger partial charge in [0.05, 0.1) is 5.56 Å². The highest BCUT2D eigenvalue weighted by atomic mass is 19.4. The standard InChI is InChI=1S/C14H19F4N/c1-4-9(2)8-12(19-3)10-6-5-7-11(13(10)15)14(16,17)18/h5-7,9,12,19H,4,8H2,1-3H3. The summed E-state index contributed by atoms with van der Waals surface area (Å²) in [5.74, 6) is -0.857. The number of rotatable bonds is 5. The lowest BCUT2D eigenvalue weighted by atomic mass is 9.93. The van der Waals surface area contributed by atoms with Crippen molar-refractivity contribution < 1.29 is 17.6 Å². The second kappa shape index (κ2) is 6.37. The summed E-state index contributed by atoms with van der Waals surface area (Å²) in [5, 5.41) is 2.90. The first-order valence-electron chi connectivity index (χ1n) is 6.34. The molecule has 0 bridgehead atoms. The third-order valence-electron chi connectivity index (χ3n) is 3.39. The molecule has 0 radical (unpaired) electrons. The molecular weight excluding hydrogens is 258 g/mol. The van der Waals surface area contributed by atoms with Crippen molar-refractivity contribution in [1.29, 1.82) is 0 Å². The molecule has 0 heterocycles. The number of alkyl halides is 3. The van der Waals surface area contributed by atoms with Crippen LogP contribution in [-0.4, -0.2) is 7.05 Å². The summed E-state index contributed by atoms with van der Waals surface area (Å²) in [7, 11) is 1.63. The van der Waals surface area contributed by atoms with Crippen LogP contribution in [-0.2, 0) is 6.18 Å². The van der Waals surface area contributed by atoms with Gasteiger partial charge in [-0.1, -0.05) is 32.4 Å². The molecule has 0 saturated carbocycles. The van der Waals surface area contributed by atoms with Gasteiger partial charge in [-0.05, 0) is 25.5 Å². The summed E-state index contributed by atoms with van der Waals surface area (Å²) >= 11 is 0. The molecule has 1 rings (SSSR count). The number of halogens is 4. The quantitative estimate of drug-likeness (QED) is 0.779. The molecule has 0 aliphatic carbocycles. The van der Waals surface area contributed by atoms with Crippen molar-refractivity contribution in [1.82, 2.24) is 5.32 Å². The Balaban J connectivity index is 3.12. The molecule has 1 nitrogen and oxygen atoms in total. The smallest absolute Gasteiger partial charge is 0.313 e. The van der Waals surface area contributed by atoms with E-state index in [-0.39, 0.29) is 5.56 Å². The normalized spacial score (nSPS) is 15.3. The minimum absolute atomic E-state index is 0.0811. The molecule has 0 aromatic heterocycles. The minimum Gasteiger partial charge on any atom is -0.313 e. The number of hydrogen-bond acceptors (Lipinski definition) is 1. The first-order valence-corrected chi connectivity index (χ1v) is 6.34. The van der Waals surface area contributed by atoms with Crippen LogP contribution in [0.4, 0.5) is 17.6 Å². The van der Waals surface area contributed by atoms with Gasteiger partial charge in [0.15, 0.2) is 0 Å². The Kier molecular flexibility index (Phi) is 5.35. The fraction of sp³-hybridized carbons (Fsp3) is 0.571. The molecule has 1 aromatic carbocycles. The Bertz CT molecular complexity index is 414. The second-order valence-corrected chi connectivity index (χ2v) is 4.80. The topological polar surface area (TPSA) is 12.0 Å². The third kappa shape index (κ3) is 3.93. The van der Waals surface area contributed by atoms with Crippen LogP contribution in [0, 0.1) is 11.7 Å². The summed E-state index contributed by atoms with van der Waals surface area (Å²) < 4.78 is 52.0. The fourth-order valence-corrected chi connectivity index (χ4v) is 2.01. The molecule has 2 unspecified atom stereocenters. The summed E-state index contributed by atoms with van der Waals surface area (Å²) in [5.41, 5.74) is -1.12. The van der Waals surface area contributed by atoms with Crippen molar-refractivity contribution >= 4 is 0 Å². The SMILES string of the molecule is CCC(C)CC(NC)c1cccc(C(F)(F)F)c1F. The molecule has 1 aromatic rings. The predicted molar refractivity (Wildman–Crippen MR) is 67.3 cm³/mol. The van der Waals surface area contributed by atoms with Gasteiger partial charge in [0, 0.05) is 11.6 Å². The van der Waals surface area contributed by atoms with E-state index in [1.165, 1.54) is 12.1 Å².